The second-order valence-corrected chi connectivity index (χ2v) is 5.24. The highest BCUT2D eigenvalue weighted by Gasteiger charge is 2.43. The first kappa shape index (κ1) is 11.9. The van der Waals surface area contributed by atoms with E-state index in [0.29, 0.717) is 5.02 Å². The van der Waals surface area contributed by atoms with E-state index in [2.05, 4.69) is 4.90 Å². The average molecular weight is 240 g/mol. The molecule has 0 radical (unpaired) electrons. The van der Waals surface area contributed by atoms with E-state index in [-0.39, 0.29) is 6.04 Å². The Bertz CT molecular complexity index is 380. The first-order chi connectivity index (χ1) is 7.54. The molecule has 1 fully saturated rings. The van der Waals surface area contributed by atoms with Crippen LogP contribution in [0.25, 0.3) is 0 Å². The fourth-order valence-corrected chi connectivity index (χ4v) is 2.94. The number of nitrogens with zero attached hydrogens (tertiary/aromatic N) is 1. The Balaban J connectivity index is 2.37. The van der Waals surface area contributed by atoms with Gasteiger partial charge in [0, 0.05) is 11.1 Å². The topological polar surface area (TPSA) is 23.5 Å². The first-order valence-corrected chi connectivity index (χ1v) is 6.07. The molecule has 2 atom stereocenters. The molecule has 0 bridgehead atoms. The van der Waals surface area contributed by atoms with Gasteiger partial charge < -0.3 is 10.0 Å². The van der Waals surface area contributed by atoms with E-state index >= 15 is 0 Å². The van der Waals surface area contributed by atoms with Gasteiger partial charge in [-0.25, -0.2) is 0 Å². The largest absolute Gasteiger partial charge is 0.384 e. The second kappa shape index (κ2) is 4.36. The van der Waals surface area contributed by atoms with Crippen LogP contribution in [0, 0.1) is 0 Å². The SMILES string of the molecule is CN(C)C1CCCC1(O)c1cccc(Cl)c1. The lowest BCUT2D eigenvalue weighted by Crippen LogP contribution is -2.43. The van der Waals surface area contributed by atoms with Crippen molar-refractivity contribution in [2.24, 2.45) is 0 Å². The first-order valence-electron chi connectivity index (χ1n) is 5.69. The maximum absolute atomic E-state index is 10.8. The molecule has 2 rings (SSSR count). The third-order valence-electron chi connectivity index (χ3n) is 3.53. The molecule has 0 aromatic heterocycles. The molecule has 3 heteroatoms. The molecular weight excluding hydrogens is 222 g/mol. The number of likely N-dealkylation sites (N-methyl/N-ethyl adjacent to an activating group) is 1. The maximum Gasteiger partial charge on any atom is 0.105 e. The summed E-state index contributed by atoms with van der Waals surface area (Å²) in [7, 11) is 4.04. The smallest absolute Gasteiger partial charge is 0.105 e. The lowest BCUT2D eigenvalue weighted by Gasteiger charge is -2.35. The van der Waals surface area contributed by atoms with Crippen LogP contribution in [-0.4, -0.2) is 30.1 Å². The van der Waals surface area contributed by atoms with Crippen molar-refractivity contribution in [3.63, 3.8) is 0 Å². The van der Waals surface area contributed by atoms with E-state index in [4.69, 9.17) is 11.6 Å². The Hall–Kier alpha value is -0.570. The lowest BCUT2D eigenvalue weighted by atomic mass is 9.88. The quantitative estimate of drug-likeness (QED) is 0.858. The monoisotopic (exact) mass is 239 g/mol. The van der Waals surface area contributed by atoms with Crippen LogP contribution >= 0.6 is 11.6 Å². The standard InChI is InChI=1S/C13H18ClNO/c1-15(2)12-7-4-8-13(12,16)10-5-3-6-11(14)9-10/h3,5-6,9,12,16H,4,7-8H2,1-2H3. The van der Waals surface area contributed by atoms with Crippen molar-refractivity contribution in [3.8, 4) is 0 Å². The summed E-state index contributed by atoms with van der Waals surface area (Å²) in [6.07, 6.45) is 2.91. The molecule has 0 saturated heterocycles. The third kappa shape index (κ3) is 1.97. The van der Waals surface area contributed by atoms with Crippen LogP contribution < -0.4 is 0 Å². The highest BCUT2D eigenvalue weighted by Crippen LogP contribution is 2.41. The van der Waals surface area contributed by atoms with Crippen LogP contribution in [0.3, 0.4) is 0 Å². The molecule has 88 valence electrons. The predicted octanol–water partition coefficient (Wildman–Crippen LogP) is 2.64. The van der Waals surface area contributed by atoms with Gasteiger partial charge in [0.15, 0.2) is 0 Å². The van der Waals surface area contributed by atoms with E-state index in [1.54, 1.807) is 0 Å². The number of hydrogen-bond acceptors (Lipinski definition) is 2. The summed E-state index contributed by atoms with van der Waals surface area (Å²) in [6.45, 7) is 0. The fourth-order valence-electron chi connectivity index (χ4n) is 2.75. The molecule has 1 aromatic carbocycles. The third-order valence-corrected chi connectivity index (χ3v) is 3.77. The van der Waals surface area contributed by atoms with Crippen molar-refractivity contribution in [1.29, 1.82) is 0 Å². The normalized spacial score (nSPS) is 29.9. The van der Waals surface area contributed by atoms with E-state index in [1.807, 2.05) is 38.4 Å². The van der Waals surface area contributed by atoms with Crippen molar-refractivity contribution in [3.05, 3.63) is 34.9 Å². The number of aliphatic hydroxyl groups is 1. The molecule has 0 amide bonds. The van der Waals surface area contributed by atoms with Crippen molar-refractivity contribution in [2.45, 2.75) is 30.9 Å². The summed E-state index contributed by atoms with van der Waals surface area (Å²) < 4.78 is 0. The fraction of sp³-hybridized carbons (Fsp3) is 0.538. The number of benzene rings is 1. The van der Waals surface area contributed by atoms with Crippen LogP contribution in [0.15, 0.2) is 24.3 Å². The van der Waals surface area contributed by atoms with Crippen molar-refractivity contribution < 1.29 is 5.11 Å². The van der Waals surface area contributed by atoms with Crippen LogP contribution in [-0.2, 0) is 5.60 Å². The van der Waals surface area contributed by atoms with Crippen LogP contribution in [0.1, 0.15) is 24.8 Å². The van der Waals surface area contributed by atoms with Gasteiger partial charge in [0.2, 0.25) is 0 Å². The van der Waals surface area contributed by atoms with Crippen molar-refractivity contribution in [2.75, 3.05) is 14.1 Å². The highest BCUT2D eigenvalue weighted by atomic mass is 35.5. The number of halogens is 1. The molecular formula is C13H18ClNO. The summed E-state index contributed by atoms with van der Waals surface area (Å²) in [5, 5.41) is 11.5. The van der Waals surface area contributed by atoms with E-state index in [9.17, 15) is 5.11 Å². The molecule has 1 aromatic rings. The Morgan fingerprint density at radius 1 is 1.44 bits per heavy atom. The van der Waals surface area contributed by atoms with Gasteiger partial charge in [-0.3, -0.25) is 0 Å². The number of rotatable bonds is 2. The van der Waals surface area contributed by atoms with E-state index in [1.165, 1.54) is 0 Å². The Morgan fingerprint density at radius 3 is 2.81 bits per heavy atom. The maximum atomic E-state index is 10.8. The zero-order valence-corrected chi connectivity index (χ0v) is 10.5. The van der Waals surface area contributed by atoms with Gasteiger partial charge in [-0.05, 0) is 51.1 Å². The van der Waals surface area contributed by atoms with Gasteiger partial charge >= 0.3 is 0 Å². The zero-order chi connectivity index (χ0) is 11.8. The van der Waals surface area contributed by atoms with Crippen LogP contribution in [0.4, 0.5) is 0 Å². The second-order valence-electron chi connectivity index (χ2n) is 4.81. The van der Waals surface area contributed by atoms with Gasteiger partial charge in [-0.15, -0.1) is 0 Å². The molecule has 1 aliphatic rings. The highest BCUT2D eigenvalue weighted by molar-refractivity contribution is 6.30. The molecule has 1 N–H and O–H groups in total. The van der Waals surface area contributed by atoms with E-state index in [0.717, 1.165) is 24.8 Å². The molecule has 0 aliphatic heterocycles. The van der Waals surface area contributed by atoms with Gasteiger partial charge in [0.05, 0.1) is 0 Å². The van der Waals surface area contributed by atoms with Crippen molar-refractivity contribution in [1.82, 2.24) is 4.90 Å². The summed E-state index contributed by atoms with van der Waals surface area (Å²) in [5.41, 5.74) is 0.199. The minimum Gasteiger partial charge on any atom is -0.384 e. The van der Waals surface area contributed by atoms with Gasteiger partial charge in [-0.1, -0.05) is 23.7 Å². The Morgan fingerprint density at radius 2 is 2.19 bits per heavy atom. The van der Waals surface area contributed by atoms with Gasteiger partial charge in [0.25, 0.3) is 0 Å². The Labute approximate surface area is 102 Å². The number of hydrogen-bond donors (Lipinski definition) is 1. The molecule has 0 spiro atoms. The molecule has 2 unspecified atom stereocenters. The summed E-state index contributed by atoms with van der Waals surface area (Å²) in [4.78, 5) is 2.11. The van der Waals surface area contributed by atoms with Crippen LogP contribution in [0.5, 0.6) is 0 Å². The van der Waals surface area contributed by atoms with Crippen LogP contribution in [0.2, 0.25) is 5.02 Å². The molecule has 0 heterocycles. The summed E-state index contributed by atoms with van der Waals surface area (Å²) in [5.74, 6) is 0. The molecule has 2 nitrogen and oxygen atoms in total. The van der Waals surface area contributed by atoms with Gasteiger partial charge in [-0.2, -0.15) is 0 Å². The van der Waals surface area contributed by atoms with Gasteiger partial charge in [0.1, 0.15) is 5.60 Å². The average Bonchev–Trinajstić information content (AvgIpc) is 2.62. The minimum absolute atomic E-state index is 0.186. The molecule has 16 heavy (non-hydrogen) atoms. The molecule has 1 aliphatic carbocycles. The molecule has 1 saturated carbocycles. The minimum atomic E-state index is -0.742. The lowest BCUT2D eigenvalue weighted by molar-refractivity contribution is -0.0175. The predicted molar refractivity (Wildman–Crippen MR) is 66.7 cm³/mol. The summed E-state index contributed by atoms with van der Waals surface area (Å²) in [6, 6.07) is 7.78. The van der Waals surface area contributed by atoms with E-state index < -0.39 is 5.60 Å². The Kier molecular flexibility index (Phi) is 3.24. The van der Waals surface area contributed by atoms with Crippen molar-refractivity contribution >= 4 is 11.6 Å². The summed E-state index contributed by atoms with van der Waals surface area (Å²) >= 11 is 5.99. The zero-order valence-electron chi connectivity index (χ0n) is 9.78.